The number of para-hydroxylation sites is 1. The second-order valence-electron chi connectivity index (χ2n) is 7.19. The van der Waals surface area contributed by atoms with E-state index in [0.717, 1.165) is 28.9 Å². The van der Waals surface area contributed by atoms with Crippen molar-refractivity contribution in [3.05, 3.63) is 77.0 Å². The molecular weight excluding hydrogens is 352 g/mol. The number of amides is 2. The lowest BCUT2D eigenvalue weighted by Crippen LogP contribution is -2.41. The number of aromatic nitrogens is 2. The van der Waals surface area contributed by atoms with Gasteiger partial charge in [-0.1, -0.05) is 42.5 Å². The average Bonchev–Trinajstić information content (AvgIpc) is 2.99. The molecule has 144 valence electrons. The summed E-state index contributed by atoms with van der Waals surface area (Å²) in [6, 6.07) is 16.8. The highest BCUT2D eigenvalue weighted by Crippen LogP contribution is 2.30. The molecule has 0 radical (unpaired) electrons. The van der Waals surface area contributed by atoms with E-state index in [1.54, 1.807) is 4.68 Å². The van der Waals surface area contributed by atoms with Gasteiger partial charge in [0.25, 0.3) is 0 Å². The van der Waals surface area contributed by atoms with Crippen molar-refractivity contribution in [2.75, 3.05) is 5.32 Å². The van der Waals surface area contributed by atoms with E-state index in [0.29, 0.717) is 12.2 Å². The van der Waals surface area contributed by atoms with Crippen molar-refractivity contribution in [2.45, 2.75) is 38.8 Å². The lowest BCUT2D eigenvalue weighted by molar-refractivity contribution is 0.114. The molecule has 0 spiro atoms. The maximum atomic E-state index is 12.8. The number of rotatable bonds is 3. The molecule has 4 rings (SSSR count). The number of aliphatic hydroxyl groups excluding tert-OH is 1. The smallest absolute Gasteiger partial charge is 0.320 e. The molecule has 1 aliphatic carbocycles. The van der Waals surface area contributed by atoms with E-state index >= 15 is 0 Å². The van der Waals surface area contributed by atoms with E-state index in [1.807, 2.05) is 68.4 Å². The van der Waals surface area contributed by atoms with Crippen molar-refractivity contribution in [2.24, 2.45) is 0 Å². The zero-order valence-corrected chi connectivity index (χ0v) is 16.0. The highest BCUT2D eigenvalue weighted by atomic mass is 16.3. The molecule has 0 unspecified atom stereocenters. The summed E-state index contributed by atoms with van der Waals surface area (Å²) < 4.78 is 1.73. The van der Waals surface area contributed by atoms with Crippen LogP contribution in [-0.4, -0.2) is 27.0 Å². The molecule has 3 N–H and O–H groups in total. The Labute approximate surface area is 164 Å². The van der Waals surface area contributed by atoms with Gasteiger partial charge in [0.1, 0.15) is 5.82 Å². The van der Waals surface area contributed by atoms with Crippen molar-refractivity contribution < 1.29 is 9.90 Å². The first kappa shape index (κ1) is 18.3. The number of urea groups is 1. The van der Waals surface area contributed by atoms with Crippen molar-refractivity contribution in [3.63, 3.8) is 0 Å². The first-order valence-electron chi connectivity index (χ1n) is 9.49. The third kappa shape index (κ3) is 3.39. The first-order chi connectivity index (χ1) is 13.5. The summed E-state index contributed by atoms with van der Waals surface area (Å²) in [6.45, 7) is 3.85. The zero-order valence-electron chi connectivity index (χ0n) is 16.0. The lowest BCUT2D eigenvalue weighted by Gasteiger charge is -2.31. The normalized spacial score (nSPS) is 18.4. The van der Waals surface area contributed by atoms with Gasteiger partial charge in [-0.3, -0.25) is 5.32 Å². The Morgan fingerprint density at radius 1 is 1.11 bits per heavy atom. The molecule has 2 atom stereocenters. The van der Waals surface area contributed by atoms with E-state index < -0.39 is 12.1 Å². The fourth-order valence-electron chi connectivity index (χ4n) is 3.71. The van der Waals surface area contributed by atoms with Gasteiger partial charge in [-0.2, -0.15) is 5.10 Å². The molecule has 3 aromatic rings. The minimum absolute atomic E-state index is 0.360. The summed E-state index contributed by atoms with van der Waals surface area (Å²) in [5, 5.41) is 20.9. The van der Waals surface area contributed by atoms with Crippen LogP contribution >= 0.6 is 0 Å². The number of fused-ring (bicyclic) bond motifs is 1. The lowest BCUT2D eigenvalue weighted by atomic mass is 9.86. The molecule has 6 heteroatoms. The number of hydrogen-bond donors (Lipinski definition) is 3. The average molecular weight is 376 g/mol. The zero-order chi connectivity index (χ0) is 19.7. The minimum atomic E-state index is -0.609. The van der Waals surface area contributed by atoms with Crippen LogP contribution in [0, 0.1) is 13.8 Å². The molecule has 6 nitrogen and oxygen atoms in total. The van der Waals surface area contributed by atoms with Crippen LogP contribution in [0.1, 0.15) is 34.8 Å². The molecular formula is C22H24N4O2. The highest BCUT2D eigenvalue weighted by molar-refractivity contribution is 5.90. The third-order valence-corrected chi connectivity index (χ3v) is 5.36. The van der Waals surface area contributed by atoms with Crippen LogP contribution in [-0.2, 0) is 6.42 Å². The molecule has 0 saturated carbocycles. The van der Waals surface area contributed by atoms with Crippen LogP contribution in [0.15, 0.2) is 54.6 Å². The number of nitrogens with one attached hydrogen (secondary N) is 2. The second-order valence-corrected chi connectivity index (χ2v) is 7.19. The fourth-order valence-corrected chi connectivity index (χ4v) is 3.71. The van der Waals surface area contributed by atoms with Crippen LogP contribution in [0.4, 0.5) is 10.6 Å². The molecule has 0 aliphatic heterocycles. The van der Waals surface area contributed by atoms with Gasteiger partial charge in [-0.05, 0) is 49.9 Å². The molecule has 1 heterocycles. The van der Waals surface area contributed by atoms with Gasteiger partial charge in [-0.25, -0.2) is 9.48 Å². The SMILES string of the molecule is Cc1nn(-c2ccccc2)c(NC(=O)N[C@@H]2c3ccccc3CC[C@H]2O)c1C. The van der Waals surface area contributed by atoms with Crippen LogP contribution in [0.3, 0.4) is 0 Å². The quantitative estimate of drug-likeness (QED) is 0.653. The van der Waals surface area contributed by atoms with E-state index in [9.17, 15) is 9.90 Å². The Balaban J connectivity index is 1.59. The van der Waals surface area contributed by atoms with Crippen LogP contribution in [0.2, 0.25) is 0 Å². The summed E-state index contributed by atoms with van der Waals surface area (Å²) in [5.41, 5.74) is 4.77. The van der Waals surface area contributed by atoms with Gasteiger partial charge >= 0.3 is 6.03 Å². The van der Waals surface area contributed by atoms with Crippen molar-refractivity contribution >= 4 is 11.8 Å². The standard InChI is InChI=1S/C22H24N4O2/c1-14-15(2)25-26(17-9-4-3-5-10-17)21(14)24-22(28)23-20-18-11-7-6-8-16(18)12-13-19(20)27/h3-11,19-20,27H,12-13H2,1-2H3,(H2,23,24,28)/t19-,20-/m1/s1. The van der Waals surface area contributed by atoms with Gasteiger partial charge in [0.05, 0.1) is 23.5 Å². The van der Waals surface area contributed by atoms with Crippen molar-refractivity contribution in [3.8, 4) is 5.69 Å². The number of benzene rings is 2. The number of carbonyl (C=O) groups excluding carboxylic acids is 1. The van der Waals surface area contributed by atoms with E-state index in [-0.39, 0.29) is 6.03 Å². The predicted molar refractivity (Wildman–Crippen MR) is 109 cm³/mol. The van der Waals surface area contributed by atoms with Gasteiger partial charge in [0, 0.05) is 5.56 Å². The predicted octanol–water partition coefficient (Wildman–Crippen LogP) is 3.66. The number of carbonyl (C=O) groups is 1. The topological polar surface area (TPSA) is 79.2 Å². The largest absolute Gasteiger partial charge is 0.391 e. The summed E-state index contributed by atoms with van der Waals surface area (Å²) >= 11 is 0. The molecule has 28 heavy (non-hydrogen) atoms. The Morgan fingerprint density at radius 2 is 1.82 bits per heavy atom. The number of aliphatic hydroxyl groups is 1. The van der Waals surface area contributed by atoms with Gasteiger partial charge < -0.3 is 10.4 Å². The summed E-state index contributed by atoms with van der Waals surface area (Å²) in [6.07, 6.45) is 0.834. The Hall–Kier alpha value is -3.12. The summed E-state index contributed by atoms with van der Waals surface area (Å²) in [7, 11) is 0. The summed E-state index contributed by atoms with van der Waals surface area (Å²) in [4.78, 5) is 12.8. The Kier molecular flexibility index (Phi) is 4.88. The maximum Gasteiger partial charge on any atom is 0.320 e. The highest BCUT2D eigenvalue weighted by Gasteiger charge is 2.29. The maximum absolute atomic E-state index is 12.8. The van der Waals surface area contributed by atoms with Crippen molar-refractivity contribution in [1.82, 2.24) is 15.1 Å². The number of aryl methyl sites for hydroxylation is 2. The minimum Gasteiger partial charge on any atom is -0.391 e. The third-order valence-electron chi connectivity index (χ3n) is 5.36. The van der Waals surface area contributed by atoms with Gasteiger partial charge in [0.2, 0.25) is 0 Å². The molecule has 1 aliphatic rings. The van der Waals surface area contributed by atoms with Gasteiger partial charge in [-0.15, -0.1) is 0 Å². The molecule has 0 bridgehead atoms. The second kappa shape index (κ2) is 7.48. The monoisotopic (exact) mass is 376 g/mol. The Bertz CT molecular complexity index is 997. The fraction of sp³-hybridized carbons (Fsp3) is 0.273. The van der Waals surface area contributed by atoms with E-state index in [4.69, 9.17) is 0 Å². The van der Waals surface area contributed by atoms with Crippen molar-refractivity contribution in [1.29, 1.82) is 0 Å². The van der Waals surface area contributed by atoms with E-state index in [2.05, 4.69) is 15.7 Å². The number of hydrogen-bond acceptors (Lipinski definition) is 3. The molecule has 2 amide bonds. The van der Waals surface area contributed by atoms with Crippen LogP contribution in [0.5, 0.6) is 0 Å². The Morgan fingerprint density at radius 3 is 2.61 bits per heavy atom. The summed E-state index contributed by atoms with van der Waals surface area (Å²) in [5.74, 6) is 0.625. The van der Waals surface area contributed by atoms with Crippen LogP contribution < -0.4 is 10.6 Å². The van der Waals surface area contributed by atoms with E-state index in [1.165, 1.54) is 5.56 Å². The number of nitrogens with zero attached hydrogens (tertiary/aromatic N) is 2. The molecule has 2 aromatic carbocycles. The molecule has 0 saturated heterocycles. The number of anilines is 1. The first-order valence-corrected chi connectivity index (χ1v) is 9.49. The molecule has 0 fully saturated rings. The van der Waals surface area contributed by atoms with Gasteiger partial charge in [0.15, 0.2) is 0 Å². The van der Waals surface area contributed by atoms with Crippen LogP contribution in [0.25, 0.3) is 5.69 Å². The molecule has 1 aromatic heterocycles.